The highest BCUT2D eigenvalue weighted by molar-refractivity contribution is 5.31. The molecule has 1 aromatic heterocycles. The molecule has 1 aliphatic heterocycles. The predicted octanol–water partition coefficient (Wildman–Crippen LogP) is 2.76. The van der Waals surface area contributed by atoms with Crippen LogP contribution >= 0.6 is 0 Å². The molecule has 0 saturated heterocycles. The van der Waals surface area contributed by atoms with Crippen LogP contribution in [0.4, 0.5) is 0 Å². The molecule has 0 unspecified atom stereocenters. The predicted molar refractivity (Wildman–Crippen MR) is 108 cm³/mol. The van der Waals surface area contributed by atoms with Crippen molar-refractivity contribution in [2.45, 2.75) is 65.1 Å². The lowest BCUT2D eigenvalue weighted by molar-refractivity contribution is 0.0335. The minimum Gasteiger partial charge on any atom is -0.381 e. The van der Waals surface area contributed by atoms with Gasteiger partial charge < -0.3 is 14.8 Å². The maximum Gasteiger partial charge on any atom is 0.0888 e. The van der Waals surface area contributed by atoms with E-state index in [1.807, 2.05) is 7.05 Å². The molecule has 0 aromatic carbocycles. The Labute approximate surface area is 164 Å². The Hall–Kier alpha value is -0.950. The van der Waals surface area contributed by atoms with E-state index in [0.717, 1.165) is 52.6 Å². The summed E-state index contributed by atoms with van der Waals surface area (Å²) in [4.78, 5) is 2.37. The van der Waals surface area contributed by atoms with Crippen LogP contribution in [0.2, 0.25) is 0 Å². The molecule has 1 N–H and O–H groups in total. The summed E-state index contributed by atoms with van der Waals surface area (Å²) >= 11 is 0. The van der Waals surface area contributed by atoms with Crippen LogP contribution in [0.25, 0.3) is 0 Å². The van der Waals surface area contributed by atoms with E-state index >= 15 is 0 Å². The van der Waals surface area contributed by atoms with E-state index in [9.17, 15) is 0 Å². The fourth-order valence-corrected chi connectivity index (χ4v) is 4.54. The Bertz CT molecular complexity index is 593. The lowest BCUT2D eigenvalue weighted by Crippen LogP contribution is -2.30. The Kier molecular flexibility index (Phi) is 7.31. The molecule has 1 aromatic rings. The van der Waals surface area contributed by atoms with Crippen LogP contribution in [0.3, 0.4) is 0 Å². The second kappa shape index (κ2) is 9.50. The fraction of sp³-hybridized carbons (Fsp3) is 0.857. The summed E-state index contributed by atoms with van der Waals surface area (Å²) in [7, 11) is 4.20. The van der Waals surface area contributed by atoms with Gasteiger partial charge in [0.1, 0.15) is 0 Å². The van der Waals surface area contributed by atoms with Gasteiger partial charge in [-0.25, -0.2) is 0 Å². The van der Waals surface area contributed by atoms with Crippen molar-refractivity contribution in [2.24, 2.45) is 5.41 Å². The first kappa shape index (κ1) is 20.8. The van der Waals surface area contributed by atoms with Crippen molar-refractivity contribution in [1.29, 1.82) is 0 Å². The molecule has 154 valence electrons. The van der Waals surface area contributed by atoms with E-state index in [4.69, 9.17) is 14.6 Å². The van der Waals surface area contributed by atoms with Crippen LogP contribution in [0, 0.1) is 5.41 Å². The summed E-state index contributed by atoms with van der Waals surface area (Å²) in [6, 6.07) is 0. The molecule has 0 radical (unpaired) electrons. The Balaban J connectivity index is 1.74. The molecular formula is C21H38N4O2. The van der Waals surface area contributed by atoms with Gasteiger partial charge in [-0.15, -0.1) is 0 Å². The summed E-state index contributed by atoms with van der Waals surface area (Å²) in [6.45, 7) is 11.5. The third-order valence-corrected chi connectivity index (χ3v) is 6.28. The normalized spacial score (nSPS) is 25.7. The van der Waals surface area contributed by atoms with E-state index < -0.39 is 0 Å². The van der Waals surface area contributed by atoms with Gasteiger partial charge in [-0.3, -0.25) is 9.58 Å². The number of nitrogens with one attached hydrogen (secondary N) is 1. The molecule has 0 bridgehead atoms. The Morgan fingerprint density at radius 1 is 1.37 bits per heavy atom. The molecule has 6 heteroatoms. The summed E-state index contributed by atoms with van der Waals surface area (Å²) in [6.07, 6.45) is 4.93. The molecule has 0 amide bonds. The monoisotopic (exact) mass is 378 g/mol. The first-order valence-electron chi connectivity index (χ1n) is 10.6. The lowest BCUT2D eigenvalue weighted by Gasteiger charge is -2.37. The average molecular weight is 379 g/mol. The highest BCUT2D eigenvalue weighted by atomic mass is 16.5. The van der Waals surface area contributed by atoms with Gasteiger partial charge in [0.25, 0.3) is 0 Å². The van der Waals surface area contributed by atoms with E-state index in [2.05, 4.69) is 35.8 Å². The van der Waals surface area contributed by atoms with Crippen molar-refractivity contribution < 1.29 is 9.47 Å². The summed E-state index contributed by atoms with van der Waals surface area (Å²) in [5, 5.41) is 8.25. The van der Waals surface area contributed by atoms with Crippen LogP contribution in [-0.4, -0.2) is 61.7 Å². The number of fused-ring (bicyclic) bond motifs is 1. The molecule has 27 heavy (non-hydrogen) atoms. The zero-order valence-electron chi connectivity index (χ0n) is 17.7. The van der Waals surface area contributed by atoms with Crippen LogP contribution in [-0.2, 0) is 29.2 Å². The number of ether oxygens (including phenoxy) is 2. The molecule has 3 rings (SSSR count). The Morgan fingerprint density at radius 3 is 2.85 bits per heavy atom. The third-order valence-electron chi connectivity index (χ3n) is 6.28. The molecule has 1 aliphatic carbocycles. The first-order chi connectivity index (χ1) is 13.1. The maximum atomic E-state index is 5.80. The molecule has 1 saturated carbocycles. The van der Waals surface area contributed by atoms with Crippen molar-refractivity contribution in [1.82, 2.24) is 20.0 Å². The third kappa shape index (κ3) is 5.11. The summed E-state index contributed by atoms with van der Waals surface area (Å²) in [5.74, 6) is 0.609. The van der Waals surface area contributed by atoms with E-state index in [1.165, 1.54) is 42.6 Å². The smallest absolute Gasteiger partial charge is 0.0888 e. The van der Waals surface area contributed by atoms with E-state index in [0.29, 0.717) is 11.3 Å². The average Bonchev–Trinajstić information content (AvgIpc) is 3.03. The van der Waals surface area contributed by atoms with Crippen molar-refractivity contribution in [3.8, 4) is 0 Å². The molecule has 6 nitrogen and oxygen atoms in total. The van der Waals surface area contributed by atoms with Gasteiger partial charge in [0, 0.05) is 31.8 Å². The maximum absolute atomic E-state index is 5.80. The van der Waals surface area contributed by atoms with Crippen molar-refractivity contribution in [3.63, 3.8) is 0 Å². The number of hydrogen-bond donors (Lipinski definition) is 1. The van der Waals surface area contributed by atoms with Gasteiger partial charge >= 0.3 is 0 Å². The number of nitrogens with zero attached hydrogens (tertiary/aromatic N) is 3. The van der Waals surface area contributed by atoms with Crippen LogP contribution in [0.15, 0.2) is 0 Å². The second-order valence-electron chi connectivity index (χ2n) is 8.65. The van der Waals surface area contributed by atoms with Crippen molar-refractivity contribution >= 4 is 0 Å². The molecule has 2 aliphatic rings. The topological polar surface area (TPSA) is 51.5 Å². The van der Waals surface area contributed by atoms with Gasteiger partial charge in [0.05, 0.1) is 37.8 Å². The SMILES string of the molecule is CCOCC1(C)CCC(c2c(CN(C)CCNC)nn3c2COCC3)CC1. The van der Waals surface area contributed by atoms with Crippen molar-refractivity contribution in [3.05, 3.63) is 17.0 Å². The minimum atomic E-state index is 0.333. The Morgan fingerprint density at radius 2 is 2.15 bits per heavy atom. The molecular weight excluding hydrogens is 340 g/mol. The number of rotatable bonds is 9. The summed E-state index contributed by atoms with van der Waals surface area (Å²) in [5.41, 5.74) is 4.42. The zero-order chi connectivity index (χ0) is 19.3. The van der Waals surface area contributed by atoms with Gasteiger partial charge in [-0.2, -0.15) is 5.10 Å². The standard InChI is InChI=1S/C21H38N4O2/c1-5-26-16-21(2)8-6-17(7-9-21)20-18(14-24(4)11-10-22-3)23-25-12-13-27-15-19(20)25/h17,22H,5-16H2,1-4H3. The van der Waals surface area contributed by atoms with Gasteiger partial charge in [-0.05, 0) is 58.0 Å². The van der Waals surface area contributed by atoms with Gasteiger partial charge in [0.2, 0.25) is 0 Å². The summed E-state index contributed by atoms with van der Waals surface area (Å²) < 4.78 is 13.8. The van der Waals surface area contributed by atoms with E-state index in [1.54, 1.807) is 0 Å². The number of hydrogen-bond acceptors (Lipinski definition) is 5. The first-order valence-corrected chi connectivity index (χ1v) is 10.6. The quantitative estimate of drug-likeness (QED) is 0.716. The number of likely N-dealkylation sites (N-methyl/N-ethyl adjacent to an activating group) is 2. The molecule has 0 atom stereocenters. The van der Waals surface area contributed by atoms with E-state index in [-0.39, 0.29) is 0 Å². The molecule has 1 fully saturated rings. The highest BCUT2D eigenvalue weighted by Crippen LogP contribution is 2.45. The minimum absolute atomic E-state index is 0.333. The van der Waals surface area contributed by atoms with Gasteiger partial charge in [0.15, 0.2) is 0 Å². The number of aromatic nitrogens is 2. The second-order valence-corrected chi connectivity index (χ2v) is 8.65. The molecule has 2 heterocycles. The lowest BCUT2D eigenvalue weighted by atomic mass is 9.70. The van der Waals surface area contributed by atoms with Crippen molar-refractivity contribution in [2.75, 3.05) is 47.0 Å². The van der Waals surface area contributed by atoms with Crippen LogP contribution in [0.5, 0.6) is 0 Å². The molecule has 0 spiro atoms. The largest absolute Gasteiger partial charge is 0.381 e. The zero-order valence-corrected chi connectivity index (χ0v) is 17.7. The van der Waals surface area contributed by atoms with Crippen LogP contribution < -0.4 is 5.32 Å². The highest BCUT2D eigenvalue weighted by Gasteiger charge is 2.35. The van der Waals surface area contributed by atoms with Crippen LogP contribution in [0.1, 0.15) is 62.4 Å². The van der Waals surface area contributed by atoms with Gasteiger partial charge in [-0.1, -0.05) is 6.92 Å². The fourth-order valence-electron chi connectivity index (χ4n) is 4.54.